The Kier molecular flexibility index (Phi) is 2.19. The first kappa shape index (κ1) is 9.71. The maximum absolute atomic E-state index is 11.8. The topological polar surface area (TPSA) is 72.2 Å². The molecule has 0 bridgehead atoms. The van der Waals surface area contributed by atoms with E-state index >= 15 is 0 Å². The van der Waals surface area contributed by atoms with E-state index < -0.39 is 0 Å². The third-order valence-corrected chi connectivity index (χ3v) is 2.57. The molecule has 1 aromatic rings. The number of amides is 1. The molecule has 0 spiro atoms. The van der Waals surface area contributed by atoms with Crippen molar-refractivity contribution in [1.82, 2.24) is 0 Å². The van der Waals surface area contributed by atoms with Crippen LogP contribution in [0.15, 0.2) is 18.2 Å². The van der Waals surface area contributed by atoms with Crippen molar-refractivity contribution < 1.29 is 9.59 Å². The van der Waals surface area contributed by atoms with Gasteiger partial charge in [-0.05, 0) is 12.1 Å². The molecule has 0 fully saturated rings. The van der Waals surface area contributed by atoms with Crippen molar-refractivity contribution in [2.24, 2.45) is 5.92 Å². The lowest BCUT2D eigenvalue weighted by Gasteiger charge is -2.07. The van der Waals surface area contributed by atoms with Crippen molar-refractivity contribution >= 4 is 23.1 Å². The van der Waals surface area contributed by atoms with Gasteiger partial charge in [0.15, 0.2) is 5.78 Å². The summed E-state index contributed by atoms with van der Waals surface area (Å²) in [5.41, 5.74) is 7.11. The first-order chi connectivity index (χ1) is 7.09. The molecule has 0 saturated heterocycles. The number of nitrogens with two attached hydrogens (primary N) is 1. The van der Waals surface area contributed by atoms with Crippen molar-refractivity contribution in [2.45, 2.75) is 13.3 Å². The number of fused-ring (bicyclic) bond motifs is 1. The molecule has 78 valence electrons. The highest BCUT2D eigenvalue weighted by Crippen LogP contribution is 2.28. The fourth-order valence-electron chi connectivity index (χ4n) is 1.71. The molecule has 1 atom stereocenters. The van der Waals surface area contributed by atoms with Crippen LogP contribution in [0.1, 0.15) is 23.7 Å². The summed E-state index contributed by atoms with van der Waals surface area (Å²) in [5, 5.41) is 2.70. The van der Waals surface area contributed by atoms with Crippen LogP contribution >= 0.6 is 0 Å². The van der Waals surface area contributed by atoms with Gasteiger partial charge in [-0.3, -0.25) is 9.59 Å². The molecular weight excluding hydrogens is 192 g/mol. The first-order valence-electron chi connectivity index (χ1n) is 4.82. The number of nitrogen functional groups attached to an aromatic ring is 1. The van der Waals surface area contributed by atoms with Gasteiger partial charge < -0.3 is 11.1 Å². The van der Waals surface area contributed by atoms with Crippen LogP contribution in [-0.2, 0) is 4.79 Å². The second-order valence-corrected chi connectivity index (χ2v) is 3.79. The molecule has 0 aromatic heterocycles. The summed E-state index contributed by atoms with van der Waals surface area (Å²) in [6, 6.07) is 5.08. The molecule has 0 aliphatic carbocycles. The molecule has 1 aromatic carbocycles. The minimum Gasteiger partial charge on any atom is -0.398 e. The Morgan fingerprint density at radius 3 is 2.87 bits per heavy atom. The molecule has 3 N–H and O–H groups in total. The molecule has 0 radical (unpaired) electrons. The number of benzene rings is 1. The molecule has 1 heterocycles. The number of ketones is 1. The molecule has 4 nitrogen and oxygen atoms in total. The third-order valence-electron chi connectivity index (χ3n) is 2.57. The van der Waals surface area contributed by atoms with E-state index in [4.69, 9.17) is 5.73 Å². The molecule has 0 saturated carbocycles. The summed E-state index contributed by atoms with van der Waals surface area (Å²) in [5.74, 6) is -0.508. The predicted molar refractivity (Wildman–Crippen MR) is 57.6 cm³/mol. The van der Waals surface area contributed by atoms with Gasteiger partial charge in [-0.15, -0.1) is 0 Å². The minimum absolute atomic E-state index is 0.0750. The second-order valence-electron chi connectivity index (χ2n) is 3.79. The molecule has 4 heteroatoms. The number of Topliss-reactive ketones (excluding diaryl/α,β-unsaturated/α-hetero) is 1. The van der Waals surface area contributed by atoms with Gasteiger partial charge in [-0.25, -0.2) is 0 Å². The monoisotopic (exact) mass is 204 g/mol. The van der Waals surface area contributed by atoms with E-state index in [-0.39, 0.29) is 24.0 Å². The van der Waals surface area contributed by atoms with Crippen LogP contribution in [0, 0.1) is 5.92 Å². The van der Waals surface area contributed by atoms with Crippen molar-refractivity contribution in [1.29, 1.82) is 0 Å². The fourth-order valence-corrected chi connectivity index (χ4v) is 1.71. The van der Waals surface area contributed by atoms with Gasteiger partial charge in [0, 0.05) is 18.0 Å². The lowest BCUT2D eigenvalue weighted by atomic mass is 10.00. The normalized spacial score (nSPS) is 20.5. The molecule has 15 heavy (non-hydrogen) atoms. The minimum atomic E-state index is -0.302. The molecule has 1 aliphatic heterocycles. The molecule has 1 amide bonds. The number of rotatable bonds is 0. The highest BCUT2D eigenvalue weighted by molar-refractivity contribution is 6.12. The van der Waals surface area contributed by atoms with E-state index in [2.05, 4.69) is 5.32 Å². The number of carbonyl (C=O) groups is 2. The Hall–Kier alpha value is -1.84. The SMILES string of the molecule is C[C@@H]1CC(=O)c2c(N)cccc2NC1=O. The highest BCUT2D eigenvalue weighted by Gasteiger charge is 2.26. The highest BCUT2D eigenvalue weighted by atomic mass is 16.2. The van der Waals surface area contributed by atoms with Crippen molar-refractivity contribution in [2.75, 3.05) is 11.1 Å². The molecular formula is C11H12N2O2. The lowest BCUT2D eigenvalue weighted by molar-refractivity contribution is -0.119. The van der Waals surface area contributed by atoms with Crippen LogP contribution < -0.4 is 11.1 Å². The smallest absolute Gasteiger partial charge is 0.227 e. The van der Waals surface area contributed by atoms with Gasteiger partial charge in [-0.2, -0.15) is 0 Å². The maximum atomic E-state index is 11.8. The third kappa shape index (κ3) is 1.58. The summed E-state index contributed by atoms with van der Waals surface area (Å²) < 4.78 is 0. The zero-order valence-electron chi connectivity index (χ0n) is 8.41. The largest absolute Gasteiger partial charge is 0.398 e. The maximum Gasteiger partial charge on any atom is 0.227 e. The van der Waals surface area contributed by atoms with E-state index in [9.17, 15) is 9.59 Å². The Balaban J connectivity index is 2.56. The predicted octanol–water partition coefficient (Wildman–Crippen LogP) is 1.43. The molecule has 1 aliphatic rings. The first-order valence-corrected chi connectivity index (χ1v) is 4.82. The van der Waals surface area contributed by atoms with E-state index in [1.165, 1.54) is 0 Å². The second kappa shape index (κ2) is 3.38. The van der Waals surface area contributed by atoms with Crippen LogP contribution in [0.3, 0.4) is 0 Å². The van der Waals surface area contributed by atoms with Crippen molar-refractivity contribution in [3.63, 3.8) is 0 Å². The number of hydrogen-bond acceptors (Lipinski definition) is 3. The van der Waals surface area contributed by atoms with Gasteiger partial charge in [0.25, 0.3) is 0 Å². The Bertz CT molecular complexity index is 440. The van der Waals surface area contributed by atoms with E-state index in [0.29, 0.717) is 16.9 Å². The summed E-state index contributed by atoms with van der Waals surface area (Å²) in [4.78, 5) is 23.3. The van der Waals surface area contributed by atoms with E-state index in [0.717, 1.165) is 0 Å². The van der Waals surface area contributed by atoms with Gasteiger partial charge in [0.05, 0.1) is 11.3 Å². The fraction of sp³-hybridized carbons (Fsp3) is 0.273. The van der Waals surface area contributed by atoms with Gasteiger partial charge in [0.1, 0.15) is 0 Å². The number of anilines is 2. The van der Waals surface area contributed by atoms with Crippen LogP contribution in [0.25, 0.3) is 0 Å². The van der Waals surface area contributed by atoms with Gasteiger partial charge in [-0.1, -0.05) is 13.0 Å². The Labute approximate surface area is 87.5 Å². The van der Waals surface area contributed by atoms with Crippen LogP contribution in [0.5, 0.6) is 0 Å². The van der Waals surface area contributed by atoms with Gasteiger partial charge >= 0.3 is 0 Å². The quantitative estimate of drug-likeness (QED) is 0.628. The van der Waals surface area contributed by atoms with Gasteiger partial charge in [0.2, 0.25) is 5.91 Å². The standard InChI is InChI=1S/C11H12N2O2/c1-6-5-9(14)10-7(12)3-2-4-8(10)13-11(6)15/h2-4,6H,5,12H2,1H3,(H,13,15)/t6-/m1/s1. The zero-order valence-corrected chi connectivity index (χ0v) is 8.41. The Morgan fingerprint density at radius 2 is 2.13 bits per heavy atom. The zero-order chi connectivity index (χ0) is 11.0. The Morgan fingerprint density at radius 1 is 1.40 bits per heavy atom. The summed E-state index contributed by atoms with van der Waals surface area (Å²) in [6.07, 6.45) is 0.215. The summed E-state index contributed by atoms with van der Waals surface area (Å²) in [7, 11) is 0. The molecule has 0 unspecified atom stereocenters. The van der Waals surface area contributed by atoms with Crippen LogP contribution in [-0.4, -0.2) is 11.7 Å². The van der Waals surface area contributed by atoms with E-state index in [1.807, 2.05) is 0 Å². The number of hydrogen-bond donors (Lipinski definition) is 2. The van der Waals surface area contributed by atoms with E-state index in [1.54, 1.807) is 25.1 Å². The lowest BCUT2D eigenvalue weighted by Crippen LogP contribution is -2.18. The summed E-state index contributed by atoms with van der Waals surface area (Å²) in [6.45, 7) is 1.73. The van der Waals surface area contributed by atoms with Crippen LogP contribution in [0.2, 0.25) is 0 Å². The van der Waals surface area contributed by atoms with Crippen molar-refractivity contribution in [3.8, 4) is 0 Å². The number of nitrogens with one attached hydrogen (secondary N) is 1. The number of carbonyl (C=O) groups excluding carboxylic acids is 2. The average Bonchev–Trinajstić information content (AvgIpc) is 2.26. The summed E-state index contributed by atoms with van der Waals surface area (Å²) >= 11 is 0. The molecule has 2 rings (SSSR count). The van der Waals surface area contributed by atoms with Crippen LogP contribution in [0.4, 0.5) is 11.4 Å². The van der Waals surface area contributed by atoms with Crippen molar-refractivity contribution in [3.05, 3.63) is 23.8 Å². The average molecular weight is 204 g/mol.